The molecule has 0 aliphatic rings. The number of nitrogens with two attached hydrogens (primary N) is 1. The van der Waals surface area contributed by atoms with E-state index in [-0.39, 0.29) is 5.75 Å². The molecular weight excluding hydrogens is 288 g/mol. The zero-order chi connectivity index (χ0) is 15.5. The lowest BCUT2D eigenvalue weighted by Gasteiger charge is -2.13. The van der Waals surface area contributed by atoms with E-state index in [1.165, 1.54) is 0 Å². The van der Waals surface area contributed by atoms with Gasteiger partial charge in [-0.3, -0.25) is 0 Å². The summed E-state index contributed by atoms with van der Waals surface area (Å²) < 4.78 is 32.6. The van der Waals surface area contributed by atoms with Crippen LogP contribution >= 0.6 is 0 Å². The monoisotopic (exact) mass is 308 g/mol. The van der Waals surface area contributed by atoms with E-state index >= 15 is 0 Å². The Balaban J connectivity index is 2.12. The maximum Gasteiger partial charge on any atom is 0.216 e. The summed E-state index contributed by atoms with van der Waals surface area (Å²) >= 11 is 0. The molecule has 1 heterocycles. The molecule has 6 heteroatoms. The van der Waals surface area contributed by atoms with Gasteiger partial charge in [-0.2, -0.15) is 0 Å². The Labute approximate surface area is 125 Å². The van der Waals surface area contributed by atoms with Crippen LogP contribution in [0.2, 0.25) is 0 Å². The molecule has 114 valence electrons. The van der Waals surface area contributed by atoms with Crippen molar-refractivity contribution in [1.82, 2.24) is 4.72 Å². The van der Waals surface area contributed by atoms with Crippen LogP contribution < -0.4 is 10.5 Å². The first-order valence-corrected chi connectivity index (χ1v) is 8.39. The molecule has 1 aromatic carbocycles. The lowest BCUT2D eigenvalue weighted by molar-refractivity contribution is 0.441. The Morgan fingerprint density at radius 3 is 2.43 bits per heavy atom. The normalized spacial score (nSPS) is 13.3. The van der Waals surface area contributed by atoms with Gasteiger partial charge in [0.25, 0.3) is 0 Å². The van der Waals surface area contributed by atoms with Gasteiger partial charge in [0.05, 0.1) is 11.8 Å². The van der Waals surface area contributed by atoms with Crippen LogP contribution in [0.3, 0.4) is 0 Å². The minimum Gasteiger partial charge on any atom is -0.465 e. The highest BCUT2D eigenvalue weighted by molar-refractivity contribution is 7.88. The number of furan rings is 1. The van der Waals surface area contributed by atoms with Crippen LogP contribution in [-0.2, 0) is 22.3 Å². The van der Waals surface area contributed by atoms with Gasteiger partial charge in [-0.25, -0.2) is 13.1 Å². The van der Waals surface area contributed by atoms with Crippen LogP contribution in [0.15, 0.2) is 40.8 Å². The average Bonchev–Trinajstić information content (AvgIpc) is 2.85. The van der Waals surface area contributed by atoms with E-state index in [4.69, 9.17) is 10.2 Å². The molecule has 0 radical (unpaired) electrons. The topological polar surface area (TPSA) is 85.3 Å². The second-order valence-electron chi connectivity index (χ2n) is 5.02. The van der Waals surface area contributed by atoms with Gasteiger partial charge in [-0.15, -0.1) is 0 Å². The van der Waals surface area contributed by atoms with Crippen LogP contribution in [0, 0.1) is 6.92 Å². The Bertz CT molecular complexity index is 707. The van der Waals surface area contributed by atoms with Gasteiger partial charge < -0.3 is 10.2 Å². The number of sulfonamides is 1. The summed E-state index contributed by atoms with van der Waals surface area (Å²) in [5.74, 6) is 1.26. The minimum atomic E-state index is -3.47. The second-order valence-corrected chi connectivity index (χ2v) is 6.77. The Hall–Kier alpha value is -1.63. The van der Waals surface area contributed by atoms with Crippen molar-refractivity contribution in [2.24, 2.45) is 5.73 Å². The fourth-order valence-electron chi connectivity index (χ4n) is 2.16. The third-order valence-electron chi connectivity index (χ3n) is 3.23. The van der Waals surface area contributed by atoms with E-state index in [9.17, 15) is 8.42 Å². The second kappa shape index (κ2) is 6.43. The van der Waals surface area contributed by atoms with Crippen molar-refractivity contribution in [3.05, 3.63) is 59.0 Å². The van der Waals surface area contributed by atoms with Crippen LogP contribution in [0.1, 0.15) is 35.6 Å². The van der Waals surface area contributed by atoms with Crippen LogP contribution in [0.4, 0.5) is 0 Å². The van der Waals surface area contributed by atoms with E-state index < -0.39 is 16.1 Å². The molecule has 0 bridgehead atoms. The van der Waals surface area contributed by atoms with Gasteiger partial charge >= 0.3 is 0 Å². The number of benzene rings is 1. The summed E-state index contributed by atoms with van der Waals surface area (Å²) in [5.41, 5.74) is 7.19. The molecule has 1 aromatic heterocycles. The van der Waals surface area contributed by atoms with Crippen molar-refractivity contribution >= 4 is 10.0 Å². The zero-order valence-electron chi connectivity index (χ0n) is 12.2. The van der Waals surface area contributed by atoms with Gasteiger partial charge in [-0.1, -0.05) is 24.3 Å². The van der Waals surface area contributed by atoms with Gasteiger partial charge in [0, 0.05) is 6.54 Å². The average molecular weight is 308 g/mol. The first-order chi connectivity index (χ1) is 9.91. The summed E-state index contributed by atoms with van der Waals surface area (Å²) in [6.45, 7) is 3.89. The summed E-state index contributed by atoms with van der Waals surface area (Å²) in [5, 5.41) is 0. The van der Waals surface area contributed by atoms with Crippen molar-refractivity contribution < 1.29 is 12.8 Å². The molecule has 0 aliphatic carbocycles. The molecule has 2 aromatic rings. The Morgan fingerprint density at radius 2 is 1.86 bits per heavy atom. The molecular formula is C15H20N2O3S. The fourth-order valence-corrected chi connectivity index (χ4v) is 3.59. The molecule has 21 heavy (non-hydrogen) atoms. The highest BCUT2D eigenvalue weighted by Gasteiger charge is 2.19. The number of aryl methyl sites for hydroxylation is 1. The van der Waals surface area contributed by atoms with E-state index in [0.29, 0.717) is 12.3 Å². The summed E-state index contributed by atoms with van der Waals surface area (Å²) in [6, 6.07) is 10.4. The lowest BCUT2D eigenvalue weighted by atomic mass is 10.1. The molecule has 1 atom stereocenters. The zero-order valence-corrected chi connectivity index (χ0v) is 13.0. The minimum absolute atomic E-state index is 0.0929. The molecule has 0 amide bonds. The lowest BCUT2D eigenvalue weighted by Crippen LogP contribution is -2.28. The summed E-state index contributed by atoms with van der Waals surface area (Å²) in [7, 11) is -3.47. The van der Waals surface area contributed by atoms with Gasteiger partial charge in [0.2, 0.25) is 10.0 Å². The fraction of sp³-hybridized carbons (Fsp3) is 0.333. The molecule has 0 saturated heterocycles. The highest BCUT2D eigenvalue weighted by atomic mass is 32.2. The van der Waals surface area contributed by atoms with Crippen LogP contribution in [-0.4, -0.2) is 8.42 Å². The molecule has 0 spiro atoms. The Kier molecular flexibility index (Phi) is 4.82. The predicted octanol–water partition coefficient (Wildman–Crippen LogP) is 2.23. The van der Waals surface area contributed by atoms with E-state index in [1.54, 1.807) is 19.1 Å². The molecule has 3 N–H and O–H groups in total. The predicted molar refractivity (Wildman–Crippen MR) is 82.0 cm³/mol. The Morgan fingerprint density at radius 1 is 1.19 bits per heavy atom. The number of rotatable bonds is 6. The largest absolute Gasteiger partial charge is 0.465 e. The SMILES string of the molecule is Cc1ccc(C(C)NS(=O)(=O)Cc2ccccc2CN)o1. The van der Waals surface area contributed by atoms with Crippen LogP contribution in [0.25, 0.3) is 0 Å². The van der Waals surface area contributed by atoms with E-state index in [0.717, 1.165) is 16.9 Å². The van der Waals surface area contributed by atoms with Crippen LogP contribution in [0.5, 0.6) is 0 Å². The number of hydrogen-bond acceptors (Lipinski definition) is 4. The van der Waals surface area contributed by atoms with Crippen molar-refractivity contribution in [2.75, 3.05) is 0 Å². The third kappa shape index (κ3) is 4.17. The molecule has 0 saturated carbocycles. The smallest absolute Gasteiger partial charge is 0.216 e. The molecule has 1 unspecified atom stereocenters. The van der Waals surface area contributed by atoms with Gasteiger partial charge in [-0.05, 0) is 37.1 Å². The highest BCUT2D eigenvalue weighted by Crippen LogP contribution is 2.18. The first kappa shape index (κ1) is 15.8. The van der Waals surface area contributed by atoms with E-state index in [2.05, 4.69) is 4.72 Å². The number of hydrogen-bond donors (Lipinski definition) is 2. The summed E-state index contributed by atoms with van der Waals surface area (Å²) in [4.78, 5) is 0. The maximum atomic E-state index is 12.3. The van der Waals surface area contributed by atoms with Crippen molar-refractivity contribution in [1.29, 1.82) is 0 Å². The third-order valence-corrected chi connectivity index (χ3v) is 4.63. The maximum absolute atomic E-state index is 12.3. The van der Waals surface area contributed by atoms with Crippen molar-refractivity contribution in [3.63, 3.8) is 0 Å². The first-order valence-electron chi connectivity index (χ1n) is 6.74. The molecule has 0 aliphatic heterocycles. The van der Waals surface area contributed by atoms with Crippen molar-refractivity contribution in [3.8, 4) is 0 Å². The molecule has 5 nitrogen and oxygen atoms in total. The van der Waals surface area contributed by atoms with Gasteiger partial charge in [0.1, 0.15) is 11.5 Å². The standard InChI is InChI=1S/C15H20N2O3S/c1-11-7-8-15(20-11)12(2)17-21(18,19)10-14-6-4-3-5-13(14)9-16/h3-8,12,17H,9-10,16H2,1-2H3. The summed E-state index contributed by atoms with van der Waals surface area (Å²) in [6.07, 6.45) is 0. The van der Waals surface area contributed by atoms with Gasteiger partial charge in [0.15, 0.2) is 0 Å². The molecule has 0 fully saturated rings. The van der Waals surface area contributed by atoms with E-state index in [1.807, 2.05) is 31.2 Å². The number of nitrogens with one attached hydrogen (secondary N) is 1. The molecule has 2 rings (SSSR count). The quantitative estimate of drug-likeness (QED) is 0.857. The van der Waals surface area contributed by atoms with Crippen molar-refractivity contribution in [2.45, 2.75) is 32.2 Å².